The number of nitrogens with zero attached hydrogens (tertiary/aromatic N) is 4. The number of carbonyl (C=O) groups is 1. The van der Waals surface area contributed by atoms with Crippen LogP contribution in [0.1, 0.15) is 32.3 Å². The van der Waals surface area contributed by atoms with Gasteiger partial charge in [0, 0.05) is 68.0 Å². The molecular weight excluding hydrogens is 571 g/mol. The minimum absolute atomic E-state index is 0.0490. The molecule has 2 aliphatic rings. The summed E-state index contributed by atoms with van der Waals surface area (Å²) in [4.78, 5) is 26.4. The minimum atomic E-state index is -0.854. The summed E-state index contributed by atoms with van der Waals surface area (Å²) >= 11 is 1.47. The normalized spacial score (nSPS) is 18.0. The maximum atomic E-state index is 14.9. The van der Waals surface area contributed by atoms with Crippen LogP contribution in [0.4, 0.5) is 14.9 Å². The second-order valence-corrected chi connectivity index (χ2v) is 12.7. The Bertz CT molecular complexity index is 1610. The van der Waals surface area contributed by atoms with Crippen LogP contribution in [-0.2, 0) is 6.54 Å². The first kappa shape index (κ1) is 29.4. The van der Waals surface area contributed by atoms with E-state index in [1.54, 1.807) is 18.3 Å². The molecule has 226 valence electrons. The lowest BCUT2D eigenvalue weighted by Gasteiger charge is -2.48. The first-order valence-electron chi connectivity index (χ1n) is 14.4. The number of anilines is 1. The molecule has 1 saturated carbocycles. The molecule has 43 heavy (non-hydrogen) atoms. The number of ether oxygens (including phenoxy) is 1. The molecule has 4 aromatic rings. The number of aromatic nitrogens is 2. The number of rotatable bonds is 9. The molecule has 12 heteroatoms. The van der Waals surface area contributed by atoms with Gasteiger partial charge in [0.2, 0.25) is 0 Å². The Morgan fingerprint density at radius 3 is 2.70 bits per heavy atom. The third-order valence-corrected chi connectivity index (χ3v) is 8.91. The molecule has 1 unspecified atom stereocenters. The molecule has 2 amide bonds. The van der Waals surface area contributed by atoms with E-state index in [1.165, 1.54) is 23.5 Å². The molecule has 1 aromatic carbocycles. The van der Waals surface area contributed by atoms with Gasteiger partial charge < -0.3 is 25.6 Å². The maximum Gasteiger partial charge on any atom is 0.319 e. The number of nitrogens with one attached hydrogen (secondary N) is 2. The number of hydrogen-bond acceptors (Lipinski definition) is 9. The number of piperazine rings is 1. The first-order valence-corrected chi connectivity index (χ1v) is 15.2. The molecule has 10 nitrogen and oxygen atoms in total. The lowest BCUT2D eigenvalue weighted by atomic mass is 9.98. The van der Waals surface area contributed by atoms with Gasteiger partial charge in [-0.05, 0) is 56.5 Å². The number of carbonyl (C=O) groups excluding carboxylic acids is 1. The fourth-order valence-electron chi connectivity index (χ4n) is 5.46. The largest absolute Gasteiger partial charge is 0.453 e. The second-order valence-electron chi connectivity index (χ2n) is 11.7. The molecule has 1 saturated heterocycles. The minimum Gasteiger partial charge on any atom is -0.453 e. The Hall–Kier alpha value is -3.68. The zero-order chi connectivity index (χ0) is 30.1. The van der Waals surface area contributed by atoms with Crippen molar-refractivity contribution in [2.24, 2.45) is 0 Å². The van der Waals surface area contributed by atoms with Crippen molar-refractivity contribution in [3.8, 4) is 22.1 Å². The summed E-state index contributed by atoms with van der Waals surface area (Å²) < 4.78 is 21.6. The van der Waals surface area contributed by atoms with Crippen LogP contribution in [0.15, 0.2) is 54.9 Å². The van der Waals surface area contributed by atoms with Gasteiger partial charge in [-0.1, -0.05) is 6.07 Å². The fraction of sp³-hybridized carbons (Fsp3) is 0.387. The van der Waals surface area contributed by atoms with E-state index in [1.807, 2.05) is 23.2 Å². The topological polar surface area (TPSA) is 123 Å². The third kappa shape index (κ3) is 6.78. The highest BCUT2D eigenvalue weighted by Gasteiger charge is 2.37. The number of aliphatic hydroxyl groups is 2. The van der Waals surface area contributed by atoms with Crippen LogP contribution >= 0.6 is 11.3 Å². The molecule has 1 atom stereocenters. The lowest BCUT2D eigenvalue weighted by Crippen LogP contribution is -2.62. The number of amides is 2. The molecule has 1 aliphatic carbocycles. The van der Waals surface area contributed by atoms with E-state index in [0.29, 0.717) is 18.0 Å². The quantitative estimate of drug-likeness (QED) is 0.215. The third-order valence-electron chi connectivity index (χ3n) is 7.75. The Labute approximate surface area is 253 Å². The monoisotopic (exact) mass is 606 g/mol. The average molecular weight is 607 g/mol. The van der Waals surface area contributed by atoms with Crippen LogP contribution < -0.4 is 15.4 Å². The zero-order valence-electron chi connectivity index (χ0n) is 24.1. The van der Waals surface area contributed by atoms with Crippen molar-refractivity contribution >= 4 is 33.3 Å². The summed E-state index contributed by atoms with van der Waals surface area (Å²) in [6.45, 7) is 6.81. The Morgan fingerprint density at radius 2 is 2.00 bits per heavy atom. The second kappa shape index (κ2) is 12.1. The summed E-state index contributed by atoms with van der Waals surface area (Å²) in [5.74, 6) is -0.0532. The van der Waals surface area contributed by atoms with Crippen molar-refractivity contribution in [3.63, 3.8) is 0 Å². The number of thiophene rings is 1. The van der Waals surface area contributed by atoms with Crippen molar-refractivity contribution in [1.82, 2.24) is 25.1 Å². The van der Waals surface area contributed by atoms with Gasteiger partial charge in [0.1, 0.15) is 12.0 Å². The van der Waals surface area contributed by atoms with Gasteiger partial charge in [-0.25, -0.2) is 9.18 Å². The van der Waals surface area contributed by atoms with Crippen molar-refractivity contribution < 1.29 is 24.1 Å². The van der Waals surface area contributed by atoms with E-state index in [-0.39, 0.29) is 30.0 Å². The molecule has 1 aliphatic heterocycles. The molecule has 2 fully saturated rings. The van der Waals surface area contributed by atoms with E-state index in [2.05, 4.69) is 40.4 Å². The van der Waals surface area contributed by atoms with E-state index in [9.17, 15) is 19.4 Å². The molecule has 0 radical (unpaired) electrons. The molecule has 0 bridgehead atoms. The van der Waals surface area contributed by atoms with Gasteiger partial charge >= 0.3 is 6.03 Å². The molecule has 0 spiro atoms. The smallest absolute Gasteiger partial charge is 0.319 e. The number of hydrogen-bond donors (Lipinski definition) is 4. The number of aliphatic hydroxyl groups excluding tert-OH is 2. The van der Waals surface area contributed by atoms with Crippen molar-refractivity contribution in [2.75, 3.05) is 31.6 Å². The molecule has 4 heterocycles. The van der Waals surface area contributed by atoms with Crippen LogP contribution in [0.2, 0.25) is 0 Å². The van der Waals surface area contributed by atoms with Crippen molar-refractivity contribution in [3.05, 3.63) is 66.2 Å². The summed E-state index contributed by atoms with van der Waals surface area (Å²) in [6, 6.07) is 11.9. The lowest BCUT2D eigenvalue weighted by molar-refractivity contribution is -0.114. The Kier molecular flexibility index (Phi) is 8.29. The first-order chi connectivity index (χ1) is 20.7. The van der Waals surface area contributed by atoms with Crippen LogP contribution in [0.25, 0.3) is 20.8 Å². The van der Waals surface area contributed by atoms with Gasteiger partial charge in [-0.15, -0.1) is 11.3 Å². The summed E-state index contributed by atoms with van der Waals surface area (Å²) in [5.41, 5.74) is 2.69. The van der Waals surface area contributed by atoms with Gasteiger partial charge in [0.25, 0.3) is 0 Å². The fourth-order valence-corrected chi connectivity index (χ4v) is 6.50. The van der Waals surface area contributed by atoms with Crippen LogP contribution in [0, 0.1) is 5.82 Å². The highest BCUT2D eigenvalue weighted by atomic mass is 32.1. The van der Waals surface area contributed by atoms with Gasteiger partial charge in [0.05, 0.1) is 27.4 Å². The number of pyridine rings is 2. The summed E-state index contributed by atoms with van der Waals surface area (Å²) in [6.07, 6.45) is 4.59. The molecule has 4 N–H and O–H groups in total. The van der Waals surface area contributed by atoms with Gasteiger partial charge in [0.15, 0.2) is 11.6 Å². The SMILES string of the molecule is CC1(C)CN(Cc2ccc(-c3cc4nccc(Oc5ccc(NC(=O)NC6CC6)cc5F)c4s3)nc2)CCN1C(O)CO. The van der Waals surface area contributed by atoms with Crippen LogP contribution in [0.3, 0.4) is 0 Å². The number of urea groups is 1. The van der Waals surface area contributed by atoms with Crippen LogP contribution in [-0.4, -0.2) is 80.1 Å². The highest BCUT2D eigenvalue weighted by Crippen LogP contribution is 2.39. The highest BCUT2D eigenvalue weighted by molar-refractivity contribution is 7.22. The maximum absolute atomic E-state index is 14.9. The van der Waals surface area contributed by atoms with E-state index in [4.69, 9.17) is 9.72 Å². The predicted molar refractivity (Wildman–Crippen MR) is 164 cm³/mol. The number of benzene rings is 1. The van der Waals surface area contributed by atoms with Crippen molar-refractivity contribution in [1.29, 1.82) is 0 Å². The zero-order valence-corrected chi connectivity index (χ0v) is 24.9. The van der Waals surface area contributed by atoms with Crippen LogP contribution in [0.5, 0.6) is 11.5 Å². The van der Waals surface area contributed by atoms with E-state index in [0.717, 1.165) is 58.8 Å². The van der Waals surface area contributed by atoms with E-state index >= 15 is 0 Å². The number of fused-ring (bicyclic) bond motifs is 1. The predicted octanol–water partition coefficient (Wildman–Crippen LogP) is 4.78. The van der Waals surface area contributed by atoms with Gasteiger partial charge in [-0.3, -0.25) is 19.8 Å². The molecule has 3 aromatic heterocycles. The van der Waals surface area contributed by atoms with E-state index < -0.39 is 12.0 Å². The average Bonchev–Trinajstić information content (AvgIpc) is 3.67. The molecule has 6 rings (SSSR count). The number of halogens is 1. The summed E-state index contributed by atoms with van der Waals surface area (Å²) in [7, 11) is 0. The summed E-state index contributed by atoms with van der Waals surface area (Å²) in [5, 5.41) is 25.0. The Morgan fingerprint density at radius 1 is 1.16 bits per heavy atom. The Balaban J connectivity index is 1.12. The van der Waals surface area contributed by atoms with Gasteiger partial charge in [-0.2, -0.15) is 0 Å². The van der Waals surface area contributed by atoms with Crippen molar-refractivity contribution in [2.45, 2.75) is 51.0 Å². The molecular formula is C31H35FN6O4S. The standard InChI is InChI=1S/C31H35FN6O4S/c1-31(2)18-37(11-12-38(31)28(40)17-39)16-19-3-7-23(34-15-19)27-14-24-29(43-27)26(9-10-33-24)42-25-8-6-21(13-22(25)32)36-30(41)35-20-4-5-20/h3,6-10,13-15,20,28,39-40H,4-5,11-12,16-18H2,1-2H3,(H2,35,36,41).